The SMILES string of the molecule is CCC(CSC)N(C)CCCCCC(=O)O. The molecule has 0 aliphatic heterocycles. The summed E-state index contributed by atoms with van der Waals surface area (Å²) in [7, 11) is 2.17. The minimum Gasteiger partial charge on any atom is -0.481 e. The molecule has 1 N–H and O–H groups in total. The lowest BCUT2D eigenvalue weighted by Gasteiger charge is -2.26. The summed E-state index contributed by atoms with van der Waals surface area (Å²) in [6, 6.07) is 0.662. The molecule has 0 radical (unpaired) electrons. The van der Waals surface area contributed by atoms with Crippen LogP contribution in [-0.4, -0.2) is 47.6 Å². The molecular weight excluding hydrogens is 222 g/mol. The third-order valence-electron chi connectivity index (χ3n) is 2.86. The second-order valence-electron chi connectivity index (χ2n) is 4.20. The van der Waals surface area contributed by atoms with Crippen LogP contribution in [0.25, 0.3) is 0 Å². The van der Waals surface area contributed by atoms with Crippen LogP contribution in [0.5, 0.6) is 0 Å². The van der Waals surface area contributed by atoms with Crippen LogP contribution in [0.1, 0.15) is 39.0 Å². The summed E-state index contributed by atoms with van der Waals surface area (Å²) in [4.78, 5) is 12.7. The molecule has 0 rings (SSSR count). The van der Waals surface area contributed by atoms with E-state index >= 15 is 0 Å². The number of nitrogens with zero attached hydrogens (tertiary/aromatic N) is 1. The number of rotatable bonds is 10. The van der Waals surface area contributed by atoms with Crippen molar-refractivity contribution in [2.45, 2.75) is 45.1 Å². The van der Waals surface area contributed by atoms with Gasteiger partial charge in [0.2, 0.25) is 0 Å². The number of carbonyl (C=O) groups is 1. The van der Waals surface area contributed by atoms with E-state index in [1.165, 1.54) is 12.2 Å². The monoisotopic (exact) mass is 247 g/mol. The van der Waals surface area contributed by atoms with E-state index in [1.807, 2.05) is 11.8 Å². The van der Waals surface area contributed by atoms with Crippen LogP contribution in [0, 0.1) is 0 Å². The molecule has 0 aromatic heterocycles. The summed E-state index contributed by atoms with van der Waals surface area (Å²) in [5, 5.41) is 8.51. The molecule has 0 aromatic carbocycles. The Morgan fingerprint density at radius 2 is 2.06 bits per heavy atom. The van der Waals surface area contributed by atoms with E-state index in [2.05, 4.69) is 25.1 Å². The van der Waals surface area contributed by atoms with Gasteiger partial charge in [0, 0.05) is 18.2 Å². The molecule has 0 aromatic rings. The van der Waals surface area contributed by atoms with E-state index in [-0.39, 0.29) is 0 Å². The number of carboxylic acids is 1. The number of aliphatic carboxylic acids is 1. The van der Waals surface area contributed by atoms with Crippen molar-refractivity contribution in [1.29, 1.82) is 0 Å². The fraction of sp³-hybridized carbons (Fsp3) is 0.917. The van der Waals surface area contributed by atoms with Gasteiger partial charge >= 0.3 is 5.97 Å². The van der Waals surface area contributed by atoms with Gasteiger partial charge in [-0.1, -0.05) is 13.3 Å². The first-order valence-electron chi connectivity index (χ1n) is 6.02. The Labute approximate surface area is 104 Å². The lowest BCUT2D eigenvalue weighted by atomic mass is 10.1. The van der Waals surface area contributed by atoms with E-state index in [1.54, 1.807) is 0 Å². The minimum absolute atomic E-state index is 0.311. The van der Waals surface area contributed by atoms with E-state index in [0.29, 0.717) is 12.5 Å². The van der Waals surface area contributed by atoms with E-state index in [0.717, 1.165) is 25.8 Å². The van der Waals surface area contributed by atoms with E-state index < -0.39 is 5.97 Å². The molecule has 1 atom stereocenters. The summed E-state index contributed by atoms with van der Waals surface area (Å²) in [6.07, 6.45) is 6.57. The van der Waals surface area contributed by atoms with Crippen molar-refractivity contribution < 1.29 is 9.90 Å². The van der Waals surface area contributed by atoms with Crippen molar-refractivity contribution >= 4 is 17.7 Å². The van der Waals surface area contributed by atoms with E-state index in [9.17, 15) is 4.79 Å². The number of hydrogen-bond donors (Lipinski definition) is 1. The number of unbranched alkanes of at least 4 members (excludes halogenated alkanes) is 2. The highest BCUT2D eigenvalue weighted by Gasteiger charge is 2.11. The normalized spacial score (nSPS) is 13.0. The Hall–Kier alpha value is -0.220. The highest BCUT2D eigenvalue weighted by Crippen LogP contribution is 2.10. The Morgan fingerprint density at radius 3 is 2.56 bits per heavy atom. The first-order valence-corrected chi connectivity index (χ1v) is 7.42. The van der Waals surface area contributed by atoms with Crippen LogP contribution in [-0.2, 0) is 4.79 Å². The maximum atomic E-state index is 10.3. The van der Waals surface area contributed by atoms with Crippen LogP contribution in [0.2, 0.25) is 0 Å². The van der Waals surface area contributed by atoms with Gasteiger partial charge in [-0.25, -0.2) is 0 Å². The minimum atomic E-state index is -0.679. The second-order valence-corrected chi connectivity index (χ2v) is 5.11. The third-order valence-corrected chi connectivity index (χ3v) is 3.57. The summed E-state index contributed by atoms with van der Waals surface area (Å²) >= 11 is 1.89. The standard InChI is InChI=1S/C12H25NO2S/c1-4-11(10-16-3)13(2)9-7-5-6-8-12(14)15/h11H,4-10H2,1-3H3,(H,14,15). The number of carboxylic acid groups (broad SMARTS) is 1. The molecule has 0 amide bonds. The van der Waals surface area contributed by atoms with Gasteiger partial charge in [-0.2, -0.15) is 11.8 Å². The van der Waals surface area contributed by atoms with Gasteiger partial charge in [0.25, 0.3) is 0 Å². The molecule has 16 heavy (non-hydrogen) atoms. The maximum absolute atomic E-state index is 10.3. The molecular formula is C12H25NO2S. The second kappa shape index (κ2) is 9.97. The molecule has 0 fully saturated rings. The van der Waals surface area contributed by atoms with Crippen LogP contribution in [0.15, 0.2) is 0 Å². The van der Waals surface area contributed by atoms with Crippen LogP contribution < -0.4 is 0 Å². The molecule has 0 saturated carbocycles. The van der Waals surface area contributed by atoms with Crippen molar-refractivity contribution in [3.05, 3.63) is 0 Å². The Bertz CT molecular complexity index is 188. The lowest BCUT2D eigenvalue weighted by molar-refractivity contribution is -0.137. The maximum Gasteiger partial charge on any atom is 0.303 e. The van der Waals surface area contributed by atoms with Crippen LogP contribution in [0.3, 0.4) is 0 Å². The highest BCUT2D eigenvalue weighted by molar-refractivity contribution is 7.98. The average Bonchev–Trinajstić information content (AvgIpc) is 2.24. The van der Waals surface area contributed by atoms with Gasteiger partial charge in [-0.15, -0.1) is 0 Å². The van der Waals surface area contributed by atoms with Gasteiger partial charge in [0.1, 0.15) is 0 Å². The molecule has 0 aliphatic rings. The topological polar surface area (TPSA) is 40.5 Å². The predicted octanol–water partition coefficient (Wildman–Crippen LogP) is 2.70. The Balaban J connectivity index is 3.54. The Morgan fingerprint density at radius 1 is 1.38 bits per heavy atom. The molecule has 3 nitrogen and oxygen atoms in total. The van der Waals surface area contributed by atoms with Crippen molar-refractivity contribution in [1.82, 2.24) is 4.90 Å². The molecule has 0 bridgehead atoms. The quantitative estimate of drug-likeness (QED) is 0.603. The highest BCUT2D eigenvalue weighted by atomic mass is 32.2. The Kier molecular flexibility index (Phi) is 9.83. The van der Waals surface area contributed by atoms with Crippen molar-refractivity contribution in [3.8, 4) is 0 Å². The average molecular weight is 247 g/mol. The molecule has 96 valence electrons. The third kappa shape index (κ3) is 7.99. The summed E-state index contributed by atoms with van der Waals surface area (Å²) < 4.78 is 0. The van der Waals surface area contributed by atoms with Gasteiger partial charge in [-0.3, -0.25) is 4.79 Å². The van der Waals surface area contributed by atoms with Gasteiger partial charge in [-0.05, 0) is 39.1 Å². The zero-order valence-electron chi connectivity index (χ0n) is 10.7. The molecule has 1 unspecified atom stereocenters. The predicted molar refractivity (Wildman–Crippen MR) is 71.2 cm³/mol. The van der Waals surface area contributed by atoms with Crippen molar-refractivity contribution in [3.63, 3.8) is 0 Å². The van der Waals surface area contributed by atoms with Crippen molar-refractivity contribution in [2.24, 2.45) is 0 Å². The van der Waals surface area contributed by atoms with Gasteiger partial charge < -0.3 is 10.0 Å². The molecule has 0 heterocycles. The zero-order chi connectivity index (χ0) is 12.4. The van der Waals surface area contributed by atoms with E-state index in [4.69, 9.17) is 5.11 Å². The zero-order valence-corrected chi connectivity index (χ0v) is 11.6. The largest absolute Gasteiger partial charge is 0.481 e. The van der Waals surface area contributed by atoms with Gasteiger partial charge in [0.05, 0.1) is 0 Å². The molecule has 0 aliphatic carbocycles. The molecule has 0 saturated heterocycles. The fourth-order valence-electron chi connectivity index (χ4n) is 1.75. The lowest BCUT2D eigenvalue weighted by Crippen LogP contribution is -2.33. The first-order chi connectivity index (χ1) is 7.61. The van der Waals surface area contributed by atoms with Crippen molar-refractivity contribution in [2.75, 3.05) is 25.6 Å². The fourth-order valence-corrected chi connectivity index (χ4v) is 2.62. The van der Waals surface area contributed by atoms with Crippen LogP contribution in [0.4, 0.5) is 0 Å². The number of hydrogen-bond acceptors (Lipinski definition) is 3. The molecule has 0 spiro atoms. The summed E-state index contributed by atoms with van der Waals surface area (Å²) in [5.41, 5.74) is 0. The summed E-state index contributed by atoms with van der Waals surface area (Å²) in [6.45, 7) is 3.31. The first kappa shape index (κ1) is 15.8. The van der Waals surface area contributed by atoms with Gasteiger partial charge in [0.15, 0.2) is 0 Å². The van der Waals surface area contributed by atoms with Crippen LogP contribution >= 0.6 is 11.8 Å². The molecule has 4 heteroatoms. The number of thioether (sulfide) groups is 1. The smallest absolute Gasteiger partial charge is 0.303 e. The summed E-state index contributed by atoms with van der Waals surface area (Å²) in [5.74, 6) is 0.504.